The summed E-state index contributed by atoms with van der Waals surface area (Å²) < 4.78 is 60.0. The second-order valence-electron chi connectivity index (χ2n) is 7.24. The maximum atomic E-state index is 13.2. The number of aliphatic imine (C=N–C) groups is 1. The van der Waals surface area contributed by atoms with E-state index in [1.807, 2.05) is 18.7 Å². The molecule has 0 bridgehead atoms. The lowest BCUT2D eigenvalue weighted by molar-refractivity contribution is -0.142. The molecule has 6 nitrogen and oxygen atoms in total. The van der Waals surface area contributed by atoms with Crippen LogP contribution in [0.25, 0.3) is 0 Å². The van der Waals surface area contributed by atoms with Crippen LogP contribution in [-0.4, -0.2) is 46.4 Å². The van der Waals surface area contributed by atoms with Crippen LogP contribution in [0.2, 0.25) is 0 Å². The minimum atomic E-state index is -4.54. The van der Waals surface area contributed by atoms with Gasteiger partial charge in [-0.3, -0.25) is 4.68 Å². The minimum Gasteiger partial charge on any atom is -0.367 e. The third-order valence-corrected chi connectivity index (χ3v) is 4.71. The molecule has 10 heteroatoms. The van der Waals surface area contributed by atoms with Gasteiger partial charge in [-0.25, -0.2) is 9.38 Å². The zero-order valence-corrected chi connectivity index (χ0v) is 17.1. The number of benzene rings is 1. The van der Waals surface area contributed by atoms with E-state index in [4.69, 9.17) is 4.74 Å². The molecule has 2 atom stereocenters. The third kappa shape index (κ3) is 5.29. The molecule has 1 saturated heterocycles. The highest BCUT2D eigenvalue weighted by molar-refractivity contribution is 5.80. The number of aryl methyl sites for hydroxylation is 1. The van der Waals surface area contributed by atoms with E-state index in [9.17, 15) is 17.6 Å². The van der Waals surface area contributed by atoms with Gasteiger partial charge in [-0.1, -0.05) is 12.1 Å². The fourth-order valence-corrected chi connectivity index (χ4v) is 3.46. The van der Waals surface area contributed by atoms with Gasteiger partial charge in [-0.05, 0) is 31.5 Å². The first-order chi connectivity index (χ1) is 14.2. The number of hydrogen-bond acceptors (Lipinski definition) is 3. The van der Waals surface area contributed by atoms with Gasteiger partial charge in [0, 0.05) is 31.9 Å². The first-order valence-electron chi connectivity index (χ1n) is 9.71. The van der Waals surface area contributed by atoms with Gasteiger partial charge < -0.3 is 15.0 Å². The molecule has 1 aliphatic rings. The van der Waals surface area contributed by atoms with E-state index in [2.05, 4.69) is 15.4 Å². The van der Waals surface area contributed by atoms with Crippen molar-refractivity contribution in [1.82, 2.24) is 20.0 Å². The monoisotopic (exact) mass is 427 g/mol. The van der Waals surface area contributed by atoms with Crippen molar-refractivity contribution in [2.24, 2.45) is 12.0 Å². The van der Waals surface area contributed by atoms with Crippen LogP contribution in [0, 0.1) is 5.82 Å². The highest BCUT2D eigenvalue weighted by Gasteiger charge is 2.37. The van der Waals surface area contributed by atoms with Crippen molar-refractivity contribution in [2.75, 3.05) is 19.6 Å². The Hall–Kier alpha value is -2.62. The molecule has 1 aromatic carbocycles. The molecule has 1 aromatic heterocycles. The molecule has 2 aromatic rings. The van der Waals surface area contributed by atoms with Crippen LogP contribution in [0.15, 0.2) is 35.5 Å². The fraction of sp³-hybridized carbons (Fsp3) is 0.500. The van der Waals surface area contributed by atoms with E-state index in [1.165, 1.54) is 25.4 Å². The second-order valence-corrected chi connectivity index (χ2v) is 7.24. The van der Waals surface area contributed by atoms with E-state index in [-0.39, 0.29) is 30.1 Å². The second kappa shape index (κ2) is 9.03. The van der Waals surface area contributed by atoms with Crippen LogP contribution in [0.4, 0.5) is 17.6 Å². The molecule has 1 N–H and O–H groups in total. The van der Waals surface area contributed by atoms with Crippen molar-refractivity contribution in [1.29, 1.82) is 0 Å². The number of halogens is 4. The van der Waals surface area contributed by atoms with Crippen LogP contribution >= 0.6 is 0 Å². The van der Waals surface area contributed by atoms with Gasteiger partial charge in [0.05, 0.1) is 19.2 Å². The molecule has 0 radical (unpaired) electrons. The van der Waals surface area contributed by atoms with Crippen molar-refractivity contribution in [3.63, 3.8) is 0 Å². The van der Waals surface area contributed by atoms with E-state index < -0.39 is 11.9 Å². The third-order valence-electron chi connectivity index (χ3n) is 4.71. The van der Waals surface area contributed by atoms with Gasteiger partial charge in [-0.15, -0.1) is 0 Å². The molecule has 0 spiro atoms. The summed E-state index contributed by atoms with van der Waals surface area (Å²) >= 11 is 0. The zero-order chi connectivity index (χ0) is 21.9. The number of nitrogens with zero attached hydrogens (tertiary/aromatic N) is 4. The first kappa shape index (κ1) is 22.1. The Bertz CT molecular complexity index is 878. The maximum Gasteiger partial charge on any atom is 0.435 e. The number of morpholine rings is 1. The highest BCUT2D eigenvalue weighted by Crippen LogP contribution is 2.31. The molecule has 0 aliphatic carbocycles. The number of aromatic nitrogens is 2. The summed E-state index contributed by atoms with van der Waals surface area (Å²) in [6.45, 7) is 5.18. The Morgan fingerprint density at radius 1 is 1.27 bits per heavy atom. The molecular weight excluding hydrogens is 402 g/mol. The lowest BCUT2D eigenvalue weighted by Gasteiger charge is -2.38. The van der Waals surface area contributed by atoms with Gasteiger partial charge in [0.25, 0.3) is 0 Å². The molecule has 1 fully saturated rings. The van der Waals surface area contributed by atoms with Crippen molar-refractivity contribution in [2.45, 2.75) is 38.8 Å². The van der Waals surface area contributed by atoms with Crippen LogP contribution < -0.4 is 5.32 Å². The smallest absolute Gasteiger partial charge is 0.367 e. The molecule has 2 heterocycles. The summed E-state index contributed by atoms with van der Waals surface area (Å²) in [5, 5.41) is 6.67. The lowest BCUT2D eigenvalue weighted by Crippen LogP contribution is -2.50. The van der Waals surface area contributed by atoms with Gasteiger partial charge >= 0.3 is 6.18 Å². The van der Waals surface area contributed by atoms with Crippen LogP contribution in [0.5, 0.6) is 0 Å². The van der Waals surface area contributed by atoms with Crippen LogP contribution in [0.1, 0.15) is 36.8 Å². The Kier molecular flexibility index (Phi) is 6.64. The number of ether oxygens (including phenoxy) is 1. The van der Waals surface area contributed by atoms with E-state index in [0.29, 0.717) is 25.6 Å². The van der Waals surface area contributed by atoms with Gasteiger partial charge in [-0.2, -0.15) is 18.3 Å². The highest BCUT2D eigenvalue weighted by atomic mass is 19.4. The lowest BCUT2D eigenvalue weighted by atomic mass is 10.1. The summed E-state index contributed by atoms with van der Waals surface area (Å²) in [4.78, 5) is 6.39. The molecule has 1 aliphatic heterocycles. The normalized spacial score (nSPS) is 20.5. The summed E-state index contributed by atoms with van der Waals surface area (Å²) in [5.41, 5.74) is -0.0867. The molecule has 164 valence electrons. The summed E-state index contributed by atoms with van der Waals surface area (Å²) in [5.74, 6) is 0.169. The van der Waals surface area contributed by atoms with Crippen molar-refractivity contribution in [3.8, 4) is 0 Å². The van der Waals surface area contributed by atoms with Crippen molar-refractivity contribution < 1.29 is 22.3 Å². The average molecular weight is 427 g/mol. The van der Waals surface area contributed by atoms with Gasteiger partial charge in [0.2, 0.25) is 0 Å². The topological polar surface area (TPSA) is 54.7 Å². The molecule has 30 heavy (non-hydrogen) atoms. The number of alkyl halides is 3. The minimum absolute atomic E-state index is 0.0109. The standard InChI is InChI=1S/C20H25F4N5O/c1-4-25-19(26-9-15-11-28(3)27-18(15)20(22,23)24)29-10-13(2)30-17(12-29)14-5-7-16(21)8-6-14/h5-8,11,13,17H,4,9-10,12H2,1-3H3,(H,25,26). The molecule has 0 saturated carbocycles. The molecular formula is C20H25F4N5O. The first-order valence-corrected chi connectivity index (χ1v) is 9.71. The number of rotatable bonds is 4. The summed E-state index contributed by atoms with van der Waals surface area (Å²) in [6.07, 6.45) is -3.64. The Morgan fingerprint density at radius 3 is 2.60 bits per heavy atom. The zero-order valence-electron chi connectivity index (χ0n) is 17.1. The molecule has 3 rings (SSSR count). The van der Waals surface area contributed by atoms with E-state index in [1.54, 1.807) is 12.1 Å². The summed E-state index contributed by atoms with van der Waals surface area (Å²) in [7, 11) is 1.45. The number of hydrogen-bond donors (Lipinski definition) is 1. The molecule has 2 unspecified atom stereocenters. The van der Waals surface area contributed by atoms with E-state index in [0.717, 1.165) is 10.2 Å². The Labute approximate surface area is 172 Å². The SMILES string of the molecule is CCNC(=NCc1cn(C)nc1C(F)(F)F)N1CC(C)OC(c2ccc(F)cc2)C1. The maximum absolute atomic E-state index is 13.2. The quantitative estimate of drug-likeness (QED) is 0.461. The predicted octanol–water partition coefficient (Wildman–Crippen LogP) is 3.51. The van der Waals surface area contributed by atoms with Crippen LogP contribution in [-0.2, 0) is 24.5 Å². The number of nitrogens with one attached hydrogen (secondary N) is 1. The fourth-order valence-electron chi connectivity index (χ4n) is 3.46. The van der Waals surface area contributed by atoms with Crippen LogP contribution in [0.3, 0.4) is 0 Å². The Morgan fingerprint density at radius 2 is 1.97 bits per heavy atom. The van der Waals surface area contributed by atoms with Crippen molar-refractivity contribution in [3.05, 3.63) is 53.1 Å². The van der Waals surface area contributed by atoms with Crippen molar-refractivity contribution >= 4 is 5.96 Å². The van der Waals surface area contributed by atoms with Gasteiger partial charge in [0.1, 0.15) is 11.9 Å². The number of guanidine groups is 1. The average Bonchev–Trinajstić information content (AvgIpc) is 3.06. The largest absolute Gasteiger partial charge is 0.435 e. The Balaban J connectivity index is 1.82. The van der Waals surface area contributed by atoms with E-state index >= 15 is 0 Å². The summed E-state index contributed by atoms with van der Waals surface area (Å²) in [6, 6.07) is 6.10. The molecule has 0 amide bonds. The predicted molar refractivity (Wildman–Crippen MR) is 104 cm³/mol. The van der Waals surface area contributed by atoms with Gasteiger partial charge in [0.15, 0.2) is 11.7 Å².